The molecule has 0 aromatic heterocycles. The van der Waals surface area contributed by atoms with Crippen LogP contribution in [0.1, 0.15) is 13.8 Å². The maximum absolute atomic E-state index is 5.37. The van der Waals surface area contributed by atoms with Crippen molar-refractivity contribution < 1.29 is 9.47 Å². The Balaban J connectivity index is 2.02. The lowest BCUT2D eigenvalue weighted by Crippen LogP contribution is -2.23. The Bertz CT molecular complexity index is 168. The van der Waals surface area contributed by atoms with Crippen LogP contribution in [-0.4, -0.2) is 31.9 Å². The fourth-order valence-electron chi connectivity index (χ4n) is 0.959. The summed E-state index contributed by atoms with van der Waals surface area (Å²) < 4.78 is 10.5. The highest BCUT2D eigenvalue weighted by atomic mass is 16.5. The highest BCUT2D eigenvalue weighted by molar-refractivity contribution is 5.72. The van der Waals surface area contributed by atoms with Crippen LogP contribution in [0.3, 0.4) is 0 Å². The van der Waals surface area contributed by atoms with Crippen LogP contribution >= 0.6 is 0 Å². The summed E-state index contributed by atoms with van der Waals surface area (Å²) in [5.74, 6) is 0.560. The second-order valence-electron chi connectivity index (χ2n) is 3.35. The number of ether oxygens (including phenoxy) is 2. The molecule has 2 N–H and O–H groups in total. The minimum absolute atomic E-state index is 0.0312. The summed E-state index contributed by atoms with van der Waals surface area (Å²) in [5.41, 5.74) is 5.33. The van der Waals surface area contributed by atoms with Crippen molar-refractivity contribution in [1.82, 2.24) is 0 Å². The van der Waals surface area contributed by atoms with E-state index in [2.05, 4.69) is 18.8 Å². The van der Waals surface area contributed by atoms with Gasteiger partial charge in [-0.05, 0) is 5.92 Å². The van der Waals surface area contributed by atoms with E-state index in [0.29, 0.717) is 19.1 Å². The average Bonchev–Trinajstić information content (AvgIpc) is 2.35. The van der Waals surface area contributed by atoms with Crippen molar-refractivity contribution in [3.8, 4) is 0 Å². The molecule has 70 valence electrons. The van der Waals surface area contributed by atoms with Crippen molar-refractivity contribution in [1.29, 1.82) is 0 Å². The van der Waals surface area contributed by atoms with Crippen LogP contribution in [0, 0.1) is 5.92 Å². The molecule has 0 saturated carbocycles. The van der Waals surface area contributed by atoms with Crippen molar-refractivity contribution >= 4 is 6.02 Å². The lowest BCUT2D eigenvalue weighted by Gasteiger charge is -2.11. The molecule has 1 heterocycles. The van der Waals surface area contributed by atoms with Gasteiger partial charge in [-0.3, -0.25) is 0 Å². The van der Waals surface area contributed by atoms with E-state index in [0.717, 1.165) is 6.61 Å². The van der Waals surface area contributed by atoms with Gasteiger partial charge in [-0.25, -0.2) is 4.99 Å². The minimum Gasteiger partial charge on any atom is -0.458 e. The first-order chi connectivity index (χ1) is 5.68. The standard InChI is InChI=1S/C8H16N2O2/c1-6(2)4-11-5-7-3-10-8(9)12-7/h6-7H,3-5H2,1-2H3,(H2,9,10). The molecule has 12 heavy (non-hydrogen) atoms. The minimum atomic E-state index is 0.0312. The van der Waals surface area contributed by atoms with Gasteiger partial charge < -0.3 is 15.2 Å². The summed E-state index contributed by atoms with van der Waals surface area (Å²) >= 11 is 0. The first-order valence-corrected chi connectivity index (χ1v) is 4.23. The maximum atomic E-state index is 5.37. The Kier molecular flexibility index (Phi) is 3.34. The van der Waals surface area contributed by atoms with Crippen molar-refractivity contribution in [2.24, 2.45) is 16.6 Å². The topological polar surface area (TPSA) is 56.8 Å². The van der Waals surface area contributed by atoms with Crippen molar-refractivity contribution in [2.75, 3.05) is 19.8 Å². The molecule has 1 atom stereocenters. The lowest BCUT2D eigenvalue weighted by molar-refractivity contribution is 0.0440. The molecule has 4 heteroatoms. The van der Waals surface area contributed by atoms with E-state index in [-0.39, 0.29) is 12.1 Å². The van der Waals surface area contributed by atoms with Gasteiger partial charge in [0, 0.05) is 6.61 Å². The quantitative estimate of drug-likeness (QED) is 0.666. The maximum Gasteiger partial charge on any atom is 0.282 e. The molecule has 0 aromatic carbocycles. The second kappa shape index (κ2) is 4.30. The summed E-state index contributed by atoms with van der Waals surface area (Å²) in [7, 11) is 0. The van der Waals surface area contributed by atoms with Gasteiger partial charge in [0.25, 0.3) is 6.02 Å². The molecular weight excluding hydrogens is 156 g/mol. The summed E-state index contributed by atoms with van der Waals surface area (Å²) in [5, 5.41) is 0. The normalized spacial score (nSPS) is 22.6. The van der Waals surface area contributed by atoms with Crippen LogP contribution in [0.2, 0.25) is 0 Å². The van der Waals surface area contributed by atoms with Gasteiger partial charge in [0.05, 0.1) is 13.2 Å². The summed E-state index contributed by atoms with van der Waals surface area (Å²) in [6.07, 6.45) is 0.0312. The van der Waals surface area contributed by atoms with Crippen molar-refractivity contribution in [3.63, 3.8) is 0 Å². The van der Waals surface area contributed by atoms with Crippen LogP contribution < -0.4 is 5.73 Å². The molecule has 0 radical (unpaired) electrons. The number of rotatable bonds is 4. The molecule has 4 nitrogen and oxygen atoms in total. The van der Waals surface area contributed by atoms with Crippen LogP contribution in [0.15, 0.2) is 4.99 Å². The number of aliphatic imine (C=N–C) groups is 1. The van der Waals surface area contributed by atoms with E-state index in [9.17, 15) is 0 Å². The Morgan fingerprint density at radius 2 is 2.50 bits per heavy atom. The van der Waals surface area contributed by atoms with E-state index in [1.165, 1.54) is 0 Å². The van der Waals surface area contributed by atoms with Crippen molar-refractivity contribution in [3.05, 3.63) is 0 Å². The first-order valence-electron chi connectivity index (χ1n) is 4.23. The monoisotopic (exact) mass is 172 g/mol. The molecule has 1 rings (SSSR count). The van der Waals surface area contributed by atoms with Crippen molar-refractivity contribution in [2.45, 2.75) is 20.0 Å². The fourth-order valence-corrected chi connectivity index (χ4v) is 0.959. The zero-order valence-corrected chi connectivity index (χ0v) is 7.62. The Morgan fingerprint density at radius 1 is 1.75 bits per heavy atom. The van der Waals surface area contributed by atoms with Gasteiger partial charge >= 0.3 is 0 Å². The molecule has 0 aliphatic carbocycles. The summed E-state index contributed by atoms with van der Waals surface area (Å²) in [6, 6.07) is 0.285. The largest absolute Gasteiger partial charge is 0.458 e. The predicted octanol–water partition coefficient (Wildman–Crippen LogP) is 0.373. The van der Waals surface area contributed by atoms with Gasteiger partial charge in [0.15, 0.2) is 0 Å². The van der Waals surface area contributed by atoms with Gasteiger partial charge in [-0.2, -0.15) is 0 Å². The Morgan fingerprint density at radius 3 is 3.00 bits per heavy atom. The van der Waals surface area contributed by atoms with Gasteiger partial charge in [-0.1, -0.05) is 13.8 Å². The number of nitrogens with two attached hydrogens (primary N) is 1. The molecule has 0 fully saturated rings. The number of hydrogen-bond donors (Lipinski definition) is 1. The molecule has 0 saturated heterocycles. The Labute approximate surface area is 72.8 Å². The van der Waals surface area contributed by atoms with E-state index < -0.39 is 0 Å². The molecular formula is C8H16N2O2. The van der Waals surface area contributed by atoms with Gasteiger partial charge in [0.2, 0.25) is 0 Å². The second-order valence-corrected chi connectivity index (χ2v) is 3.35. The molecule has 0 spiro atoms. The molecule has 0 bridgehead atoms. The SMILES string of the molecule is CC(C)COCC1CN=C(N)O1. The Hall–Kier alpha value is -0.770. The average molecular weight is 172 g/mol. The molecule has 0 amide bonds. The predicted molar refractivity (Wildman–Crippen MR) is 47.0 cm³/mol. The smallest absolute Gasteiger partial charge is 0.282 e. The third kappa shape index (κ3) is 3.09. The molecule has 1 aliphatic rings. The van der Waals surface area contributed by atoms with E-state index in [1.807, 2.05) is 0 Å². The van der Waals surface area contributed by atoms with Crippen LogP contribution in [0.4, 0.5) is 0 Å². The lowest BCUT2D eigenvalue weighted by atomic mass is 10.2. The highest BCUT2D eigenvalue weighted by Gasteiger charge is 2.17. The molecule has 0 aromatic rings. The summed E-state index contributed by atoms with van der Waals surface area (Å²) in [6.45, 7) is 6.20. The number of nitrogens with zero attached hydrogens (tertiary/aromatic N) is 1. The third-order valence-corrected chi connectivity index (χ3v) is 1.49. The van der Waals surface area contributed by atoms with E-state index in [4.69, 9.17) is 15.2 Å². The van der Waals surface area contributed by atoms with Gasteiger partial charge in [0.1, 0.15) is 6.10 Å². The first kappa shape index (κ1) is 9.32. The number of amidine groups is 1. The van der Waals surface area contributed by atoms with Gasteiger partial charge in [-0.15, -0.1) is 0 Å². The van der Waals surface area contributed by atoms with E-state index >= 15 is 0 Å². The molecule has 1 aliphatic heterocycles. The summed E-state index contributed by atoms with van der Waals surface area (Å²) in [4.78, 5) is 3.91. The fraction of sp³-hybridized carbons (Fsp3) is 0.875. The highest BCUT2D eigenvalue weighted by Crippen LogP contribution is 2.03. The van der Waals surface area contributed by atoms with Crippen LogP contribution in [0.5, 0.6) is 0 Å². The third-order valence-electron chi connectivity index (χ3n) is 1.49. The zero-order chi connectivity index (χ0) is 8.97. The number of hydrogen-bond acceptors (Lipinski definition) is 4. The zero-order valence-electron chi connectivity index (χ0n) is 7.62. The molecule has 1 unspecified atom stereocenters. The van der Waals surface area contributed by atoms with Crippen LogP contribution in [0.25, 0.3) is 0 Å². The van der Waals surface area contributed by atoms with E-state index in [1.54, 1.807) is 0 Å². The van der Waals surface area contributed by atoms with Crippen LogP contribution in [-0.2, 0) is 9.47 Å².